The average Bonchev–Trinajstić information content (AvgIpc) is 3.40. The number of alkyl halides is 3. The van der Waals surface area contributed by atoms with Gasteiger partial charge in [0.1, 0.15) is 5.82 Å². The predicted octanol–water partition coefficient (Wildman–Crippen LogP) is 3.58. The number of rotatable bonds is 8. The molecule has 0 radical (unpaired) electrons. The molecule has 1 amide bonds. The van der Waals surface area contributed by atoms with Crippen LogP contribution in [0.3, 0.4) is 0 Å². The van der Waals surface area contributed by atoms with Crippen molar-refractivity contribution < 1.29 is 22.4 Å². The molecule has 0 aromatic heterocycles. The summed E-state index contributed by atoms with van der Waals surface area (Å²) in [6.45, 7) is 2.58. The molecule has 28 heavy (non-hydrogen) atoms. The molecule has 0 aliphatic heterocycles. The van der Waals surface area contributed by atoms with Crippen LogP contribution in [-0.4, -0.2) is 31.0 Å². The smallest absolute Gasteiger partial charge is 0.357 e. The maximum Gasteiger partial charge on any atom is 0.416 e. The minimum absolute atomic E-state index is 0. The van der Waals surface area contributed by atoms with E-state index in [-0.39, 0.29) is 42.0 Å². The Morgan fingerprint density at radius 1 is 1.25 bits per heavy atom. The quantitative estimate of drug-likeness (QED) is 0.163. The first-order valence-corrected chi connectivity index (χ1v) is 8.96. The van der Waals surface area contributed by atoms with Gasteiger partial charge in [-0.2, -0.15) is 13.2 Å². The third kappa shape index (κ3) is 8.61. The van der Waals surface area contributed by atoms with Crippen LogP contribution in [0.1, 0.15) is 43.7 Å². The lowest BCUT2D eigenvalue weighted by atomic mass is 10.1. The Labute approximate surface area is 178 Å². The molecule has 1 aliphatic rings. The van der Waals surface area contributed by atoms with Crippen LogP contribution in [0, 0.1) is 5.82 Å². The van der Waals surface area contributed by atoms with E-state index in [0.29, 0.717) is 44.0 Å². The molecule has 1 fully saturated rings. The molecule has 1 aliphatic carbocycles. The molecule has 0 bridgehead atoms. The van der Waals surface area contributed by atoms with E-state index in [1.54, 1.807) is 0 Å². The lowest BCUT2D eigenvalue weighted by Crippen LogP contribution is -2.38. The lowest BCUT2D eigenvalue weighted by Gasteiger charge is -2.14. The van der Waals surface area contributed by atoms with Crippen molar-refractivity contribution in [3.05, 3.63) is 35.1 Å². The third-order valence-electron chi connectivity index (χ3n) is 3.94. The van der Waals surface area contributed by atoms with Crippen LogP contribution < -0.4 is 16.0 Å². The normalized spacial score (nSPS) is 14.2. The zero-order valence-electron chi connectivity index (χ0n) is 15.5. The van der Waals surface area contributed by atoms with Gasteiger partial charge in [-0.3, -0.25) is 4.79 Å². The molecule has 158 valence electrons. The molecule has 5 nitrogen and oxygen atoms in total. The number of guanidine groups is 1. The van der Waals surface area contributed by atoms with Gasteiger partial charge in [-0.05, 0) is 43.9 Å². The number of halogens is 5. The summed E-state index contributed by atoms with van der Waals surface area (Å²) in [5.74, 6) is -0.593. The maximum atomic E-state index is 13.2. The zero-order valence-corrected chi connectivity index (χ0v) is 17.9. The van der Waals surface area contributed by atoms with Crippen molar-refractivity contribution in [3.63, 3.8) is 0 Å². The van der Waals surface area contributed by atoms with Gasteiger partial charge in [0.25, 0.3) is 0 Å². The topological polar surface area (TPSA) is 65.5 Å². The number of hydrogen-bond donors (Lipinski definition) is 3. The van der Waals surface area contributed by atoms with Crippen molar-refractivity contribution in [1.29, 1.82) is 0 Å². The molecule has 0 saturated heterocycles. The van der Waals surface area contributed by atoms with E-state index in [2.05, 4.69) is 20.9 Å². The molecule has 1 saturated carbocycles. The van der Waals surface area contributed by atoms with Crippen molar-refractivity contribution in [2.24, 2.45) is 4.99 Å². The van der Waals surface area contributed by atoms with Gasteiger partial charge in [0.2, 0.25) is 5.91 Å². The van der Waals surface area contributed by atoms with Gasteiger partial charge in [0.15, 0.2) is 5.96 Å². The first-order valence-electron chi connectivity index (χ1n) is 8.96. The van der Waals surface area contributed by atoms with Gasteiger partial charge in [-0.25, -0.2) is 9.38 Å². The molecular weight excluding hydrogens is 491 g/mol. The van der Waals surface area contributed by atoms with Crippen LogP contribution in [0.25, 0.3) is 0 Å². The van der Waals surface area contributed by atoms with Gasteiger partial charge in [-0.1, -0.05) is 6.07 Å². The van der Waals surface area contributed by atoms with Crippen molar-refractivity contribution in [1.82, 2.24) is 16.0 Å². The summed E-state index contributed by atoms with van der Waals surface area (Å²) in [6.07, 6.45) is -1.63. The van der Waals surface area contributed by atoms with Crippen molar-refractivity contribution in [3.8, 4) is 0 Å². The lowest BCUT2D eigenvalue weighted by molar-refractivity contribution is -0.138. The minimum atomic E-state index is -4.65. The molecule has 0 spiro atoms. The first kappa shape index (κ1) is 24.4. The van der Waals surface area contributed by atoms with Gasteiger partial charge >= 0.3 is 6.18 Å². The fourth-order valence-corrected chi connectivity index (χ4v) is 2.44. The summed E-state index contributed by atoms with van der Waals surface area (Å²) in [5, 5.41) is 8.81. The van der Waals surface area contributed by atoms with Crippen LogP contribution in [0.4, 0.5) is 17.6 Å². The van der Waals surface area contributed by atoms with Gasteiger partial charge in [0, 0.05) is 25.6 Å². The highest BCUT2D eigenvalue weighted by Gasteiger charge is 2.33. The Bertz CT molecular complexity index is 678. The minimum Gasteiger partial charge on any atom is -0.357 e. The molecular formula is C18H25F4IN4O. The number of nitrogens with one attached hydrogen (secondary N) is 3. The van der Waals surface area contributed by atoms with E-state index < -0.39 is 17.6 Å². The Morgan fingerprint density at radius 2 is 1.96 bits per heavy atom. The van der Waals surface area contributed by atoms with E-state index >= 15 is 0 Å². The number of amides is 1. The molecule has 0 unspecified atom stereocenters. The number of carbonyl (C=O) groups excluding carboxylic acids is 1. The van der Waals surface area contributed by atoms with E-state index in [1.807, 2.05) is 6.92 Å². The van der Waals surface area contributed by atoms with Crippen LogP contribution in [0.2, 0.25) is 0 Å². The summed E-state index contributed by atoms with van der Waals surface area (Å²) in [7, 11) is 0. The number of carbonyl (C=O) groups is 1. The molecule has 0 atom stereocenters. The molecule has 2 rings (SSSR count). The van der Waals surface area contributed by atoms with Gasteiger partial charge in [0.05, 0.1) is 12.1 Å². The zero-order chi connectivity index (χ0) is 19.9. The second kappa shape index (κ2) is 11.4. The van der Waals surface area contributed by atoms with Crippen molar-refractivity contribution in [2.75, 3.05) is 13.1 Å². The molecule has 1 aromatic carbocycles. The van der Waals surface area contributed by atoms with E-state index in [0.717, 1.165) is 25.0 Å². The van der Waals surface area contributed by atoms with Gasteiger partial charge in [-0.15, -0.1) is 24.0 Å². The van der Waals surface area contributed by atoms with Crippen LogP contribution in [0.15, 0.2) is 23.2 Å². The fraction of sp³-hybridized carbons (Fsp3) is 0.556. The second-order valence-corrected chi connectivity index (χ2v) is 6.37. The SMILES string of the molecule is CCNC(=NCc1ccc(F)cc1C(F)(F)F)NCCCC(=O)NC1CC1.I. The highest BCUT2D eigenvalue weighted by atomic mass is 127. The highest BCUT2D eigenvalue weighted by molar-refractivity contribution is 14.0. The van der Waals surface area contributed by atoms with E-state index in [1.165, 1.54) is 0 Å². The van der Waals surface area contributed by atoms with Gasteiger partial charge < -0.3 is 16.0 Å². The predicted molar refractivity (Wildman–Crippen MR) is 110 cm³/mol. The van der Waals surface area contributed by atoms with Crippen LogP contribution >= 0.6 is 24.0 Å². The number of benzene rings is 1. The standard InChI is InChI=1S/C18H24F4N4O.HI/c1-2-23-17(24-9-3-4-16(27)26-14-7-8-14)25-11-12-5-6-13(19)10-15(12)18(20,21)22;/h5-6,10,14H,2-4,7-9,11H2,1H3,(H,26,27)(H2,23,24,25);1H. The largest absolute Gasteiger partial charge is 0.416 e. The average molecular weight is 516 g/mol. The Kier molecular flexibility index (Phi) is 9.97. The van der Waals surface area contributed by atoms with Crippen molar-refractivity contribution in [2.45, 2.75) is 51.4 Å². The maximum absolute atomic E-state index is 13.2. The fourth-order valence-electron chi connectivity index (χ4n) is 2.44. The molecule has 1 aromatic rings. The highest BCUT2D eigenvalue weighted by Crippen LogP contribution is 2.32. The summed E-state index contributed by atoms with van der Waals surface area (Å²) in [5.41, 5.74) is -1.14. The monoisotopic (exact) mass is 516 g/mol. The summed E-state index contributed by atoms with van der Waals surface area (Å²) in [6, 6.07) is 2.87. The summed E-state index contributed by atoms with van der Waals surface area (Å²) >= 11 is 0. The van der Waals surface area contributed by atoms with Crippen LogP contribution in [0.5, 0.6) is 0 Å². The molecule has 10 heteroatoms. The Morgan fingerprint density at radius 3 is 2.57 bits per heavy atom. The van der Waals surface area contributed by atoms with Crippen molar-refractivity contribution >= 4 is 35.8 Å². The number of hydrogen-bond acceptors (Lipinski definition) is 2. The number of nitrogens with zero attached hydrogens (tertiary/aromatic N) is 1. The summed E-state index contributed by atoms with van der Waals surface area (Å²) in [4.78, 5) is 15.7. The first-order chi connectivity index (χ1) is 12.8. The molecule has 3 N–H and O–H groups in total. The number of aliphatic imine (C=N–C) groups is 1. The van der Waals surface area contributed by atoms with E-state index in [4.69, 9.17) is 0 Å². The Hall–Kier alpha value is -1.59. The second-order valence-electron chi connectivity index (χ2n) is 6.37. The Balaban J connectivity index is 0.00000392. The van der Waals surface area contributed by atoms with E-state index in [9.17, 15) is 22.4 Å². The molecule has 0 heterocycles. The van der Waals surface area contributed by atoms with Crippen LogP contribution in [-0.2, 0) is 17.5 Å². The third-order valence-corrected chi connectivity index (χ3v) is 3.94. The summed E-state index contributed by atoms with van der Waals surface area (Å²) < 4.78 is 52.3.